The minimum absolute atomic E-state index is 0.133. The van der Waals surface area contributed by atoms with Crippen molar-refractivity contribution in [2.75, 3.05) is 13.2 Å². The summed E-state index contributed by atoms with van der Waals surface area (Å²) in [7, 11) is 0. The van der Waals surface area contributed by atoms with E-state index in [9.17, 15) is 18.0 Å². The molecule has 0 spiro atoms. The van der Waals surface area contributed by atoms with Crippen LogP contribution in [0, 0.1) is 0 Å². The van der Waals surface area contributed by atoms with Crippen LogP contribution < -0.4 is 14.8 Å². The van der Waals surface area contributed by atoms with Crippen molar-refractivity contribution < 1.29 is 27.4 Å². The number of hydrogen-bond acceptors (Lipinski definition) is 4. The molecular formula is C17H17F3N2O3. The molecule has 0 unspecified atom stereocenters. The Morgan fingerprint density at radius 2 is 1.88 bits per heavy atom. The molecule has 0 saturated carbocycles. The first-order chi connectivity index (χ1) is 12.0. The molecule has 134 valence electrons. The lowest BCUT2D eigenvalue weighted by Crippen LogP contribution is -2.22. The van der Waals surface area contributed by atoms with E-state index in [1.165, 1.54) is 12.3 Å². The Balaban J connectivity index is 1.91. The van der Waals surface area contributed by atoms with Crippen LogP contribution in [0.4, 0.5) is 13.2 Å². The molecule has 0 saturated heterocycles. The van der Waals surface area contributed by atoms with Gasteiger partial charge in [-0.2, -0.15) is 13.2 Å². The molecule has 0 aliphatic heterocycles. The van der Waals surface area contributed by atoms with E-state index in [1.807, 2.05) is 30.3 Å². The lowest BCUT2D eigenvalue weighted by atomic mass is 10.1. The van der Waals surface area contributed by atoms with Crippen LogP contribution in [0.5, 0.6) is 11.6 Å². The number of alkyl halides is 3. The van der Waals surface area contributed by atoms with Gasteiger partial charge in [0, 0.05) is 18.7 Å². The molecule has 1 aromatic carbocycles. The molecule has 2 rings (SSSR count). The Labute approximate surface area is 142 Å². The van der Waals surface area contributed by atoms with Gasteiger partial charge in [-0.3, -0.25) is 4.79 Å². The van der Waals surface area contributed by atoms with Gasteiger partial charge in [0.2, 0.25) is 12.3 Å². The summed E-state index contributed by atoms with van der Waals surface area (Å²) >= 11 is 0. The van der Waals surface area contributed by atoms with Crippen LogP contribution in [0.2, 0.25) is 0 Å². The van der Waals surface area contributed by atoms with E-state index in [-0.39, 0.29) is 11.9 Å². The molecule has 25 heavy (non-hydrogen) atoms. The summed E-state index contributed by atoms with van der Waals surface area (Å²) in [5.41, 5.74) is 0.642. The fourth-order valence-corrected chi connectivity index (χ4v) is 2.08. The number of pyridine rings is 1. The highest BCUT2D eigenvalue weighted by molar-refractivity contribution is 5.47. The predicted octanol–water partition coefficient (Wildman–Crippen LogP) is 3.28. The van der Waals surface area contributed by atoms with E-state index in [0.29, 0.717) is 30.8 Å². The average molecular weight is 354 g/mol. The van der Waals surface area contributed by atoms with Gasteiger partial charge in [0.1, 0.15) is 5.75 Å². The van der Waals surface area contributed by atoms with Crippen LogP contribution in [0.25, 0.3) is 0 Å². The number of amides is 1. The van der Waals surface area contributed by atoms with E-state index in [4.69, 9.17) is 4.74 Å². The summed E-state index contributed by atoms with van der Waals surface area (Å²) in [6.07, 6.45) is -2.02. The van der Waals surface area contributed by atoms with E-state index in [1.54, 1.807) is 6.07 Å². The first kappa shape index (κ1) is 18.6. The van der Waals surface area contributed by atoms with Crippen LogP contribution in [0.3, 0.4) is 0 Å². The third-order valence-electron chi connectivity index (χ3n) is 3.23. The lowest BCUT2D eigenvalue weighted by Gasteiger charge is -2.17. The van der Waals surface area contributed by atoms with E-state index < -0.39 is 12.8 Å². The van der Waals surface area contributed by atoms with Gasteiger partial charge in [0.05, 0.1) is 12.6 Å². The van der Waals surface area contributed by atoms with Crippen molar-refractivity contribution in [2.45, 2.75) is 18.6 Å². The Kier molecular flexibility index (Phi) is 6.62. The molecule has 8 heteroatoms. The molecule has 1 amide bonds. The van der Waals surface area contributed by atoms with E-state index in [2.05, 4.69) is 15.0 Å². The van der Waals surface area contributed by atoms with Crippen molar-refractivity contribution in [2.24, 2.45) is 0 Å². The number of halogens is 3. The fourth-order valence-electron chi connectivity index (χ4n) is 2.08. The van der Waals surface area contributed by atoms with Gasteiger partial charge in [-0.15, -0.1) is 0 Å². The molecule has 2 aromatic rings. The van der Waals surface area contributed by atoms with Gasteiger partial charge in [-0.05, 0) is 17.7 Å². The number of nitrogens with zero attached hydrogens (tertiary/aromatic N) is 1. The van der Waals surface area contributed by atoms with Crippen molar-refractivity contribution in [1.29, 1.82) is 0 Å². The average Bonchev–Trinajstić information content (AvgIpc) is 2.60. The first-order valence-corrected chi connectivity index (χ1v) is 7.51. The fraction of sp³-hybridized carbons (Fsp3) is 0.294. The number of benzene rings is 1. The molecule has 5 nitrogen and oxygen atoms in total. The second-order valence-corrected chi connectivity index (χ2v) is 5.12. The Hall–Kier alpha value is -2.77. The van der Waals surface area contributed by atoms with Gasteiger partial charge in [0.25, 0.3) is 0 Å². The number of ether oxygens (including phenoxy) is 2. The number of rotatable bonds is 9. The van der Waals surface area contributed by atoms with Crippen LogP contribution in [0.1, 0.15) is 18.0 Å². The predicted molar refractivity (Wildman–Crippen MR) is 84.3 cm³/mol. The van der Waals surface area contributed by atoms with Gasteiger partial charge in [-0.1, -0.05) is 24.3 Å². The quantitative estimate of drug-likeness (QED) is 0.702. The zero-order valence-electron chi connectivity index (χ0n) is 13.2. The van der Waals surface area contributed by atoms with Crippen LogP contribution in [0.15, 0.2) is 48.7 Å². The molecule has 1 N–H and O–H groups in total. The monoisotopic (exact) mass is 354 g/mol. The summed E-state index contributed by atoms with van der Waals surface area (Å²) in [5, 5.41) is 2.64. The Bertz CT molecular complexity index is 648. The second kappa shape index (κ2) is 8.91. The number of carbonyl (C=O) groups is 1. The molecular weight excluding hydrogens is 337 g/mol. The summed E-state index contributed by atoms with van der Waals surface area (Å²) < 4.78 is 46.5. The molecule has 0 aliphatic rings. The van der Waals surface area contributed by atoms with Crippen LogP contribution in [-0.2, 0) is 4.79 Å². The third-order valence-corrected chi connectivity index (χ3v) is 3.23. The molecule has 0 bridgehead atoms. The van der Waals surface area contributed by atoms with Crippen molar-refractivity contribution in [3.63, 3.8) is 0 Å². The highest BCUT2D eigenvalue weighted by atomic mass is 19.4. The zero-order chi connectivity index (χ0) is 18.1. The van der Waals surface area contributed by atoms with Gasteiger partial charge in [-0.25, -0.2) is 4.98 Å². The maximum absolute atomic E-state index is 12.1. The third kappa shape index (κ3) is 6.70. The normalized spacial score (nSPS) is 12.3. The van der Waals surface area contributed by atoms with Crippen LogP contribution >= 0.6 is 0 Å². The first-order valence-electron chi connectivity index (χ1n) is 7.51. The van der Waals surface area contributed by atoms with E-state index in [0.717, 1.165) is 0 Å². The highest BCUT2D eigenvalue weighted by Crippen LogP contribution is 2.21. The molecule has 0 radical (unpaired) electrons. The maximum Gasteiger partial charge on any atom is 0.422 e. The smallest absolute Gasteiger partial charge is 0.422 e. The number of carbonyl (C=O) groups excluding carboxylic acids is 1. The summed E-state index contributed by atoms with van der Waals surface area (Å²) in [4.78, 5) is 14.6. The molecule has 0 aliphatic carbocycles. The maximum atomic E-state index is 12.1. The van der Waals surface area contributed by atoms with Gasteiger partial charge in [0.15, 0.2) is 6.61 Å². The van der Waals surface area contributed by atoms with E-state index >= 15 is 0 Å². The minimum Gasteiger partial charge on any atom is -0.494 e. The number of aromatic nitrogens is 1. The largest absolute Gasteiger partial charge is 0.494 e. The molecule has 1 atom stereocenters. The molecule has 0 fully saturated rings. The lowest BCUT2D eigenvalue weighted by molar-refractivity contribution is -0.154. The second-order valence-electron chi connectivity index (χ2n) is 5.12. The number of hydrogen-bond donors (Lipinski definition) is 1. The summed E-state index contributed by atoms with van der Waals surface area (Å²) in [6.45, 7) is -1.05. The standard InChI is InChI=1S/C17H17F3N2O3/c18-17(19,20)11-25-16-7-6-13(10-21-16)15(22-12-23)8-9-24-14-4-2-1-3-5-14/h1-7,10,12,15H,8-9,11H2,(H,22,23)/t15-/m1/s1. The van der Waals surface area contributed by atoms with Gasteiger partial charge < -0.3 is 14.8 Å². The Morgan fingerprint density at radius 1 is 1.12 bits per heavy atom. The van der Waals surface area contributed by atoms with Gasteiger partial charge >= 0.3 is 6.18 Å². The van der Waals surface area contributed by atoms with Crippen molar-refractivity contribution in [3.8, 4) is 11.6 Å². The minimum atomic E-state index is -4.42. The molecule has 1 aromatic heterocycles. The van der Waals surface area contributed by atoms with Crippen molar-refractivity contribution in [1.82, 2.24) is 10.3 Å². The van der Waals surface area contributed by atoms with Crippen LogP contribution in [-0.4, -0.2) is 30.8 Å². The van der Waals surface area contributed by atoms with Crippen molar-refractivity contribution >= 4 is 6.41 Å². The number of para-hydroxylation sites is 1. The SMILES string of the molecule is O=CN[C@H](CCOc1ccccc1)c1ccc(OCC(F)(F)F)nc1. The highest BCUT2D eigenvalue weighted by Gasteiger charge is 2.28. The zero-order valence-corrected chi connectivity index (χ0v) is 13.2. The summed E-state index contributed by atoms with van der Waals surface area (Å²) in [6, 6.07) is 11.7. The topological polar surface area (TPSA) is 60.5 Å². The summed E-state index contributed by atoms with van der Waals surface area (Å²) in [5.74, 6) is 0.577. The Morgan fingerprint density at radius 3 is 2.48 bits per heavy atom. The molecule has 1 heterocycles. The number of nitrogens with one attached hydrogen (secondary N) is 1. The van der Waals surface area contributed by atoms with Crippen molar-refractivity contribution in [3.05, 3.63) is 54.2 Å².